The standard InChI is InChI=1S/C20H22N4O5/c1-14(22-23-19(25)11-8-15-6-4-3-5-7-15)12-20(26)21-17-10-9-16(29-2)13-18(17)24(27)28/h3-7,9-10,13H,8,11-12H2,1-2H3,(H,21,26)(H,23,25)/b22-14-. The SMILES string of the molecule is COc1ccc(NC(=O)C/C(C)=N\NC(=O)CCc2ccccc2)c([N+](=O)[O-])c1. The van der Waals surface area contributed by atoms with Crippen LogP contribution in [0.1, 0.15) is 25.3 Å². The van der Waals surface area contributed by atoms with Gasteiger partial charge >= 0.3 is 0 Å². The molecule has 0 fully saturated rings. The van der Waals surface area contributed by atoms with Crippen molar-refractivity contribution in [3.63, 3.8) is 0 Å². The maximum absolute atomic E-state index is 12.1. The molecule has 0 aliphatic heterocycles. The Morgan fingerprint density at radius 3 is 2.52 bits per heavy atom. The number of anilines is 1. The Labute approximate surface area is 167 Å². The molecule has 2 N–H and O–H groups in total. The number of ether oxygens (including phenoxy) is 1. The van der Waals surface area contributed by atoms with Crippen molar-refractivity contribution in [2.75, 3.05) is 12.4 Å². The molecule has 2 aromatic rings. The van der Waals surface area contributed by atoms with E-state index < -0.39 is 10.8 Å². The summed E-state index contributed by atoms with van der Waals surface area (Å²) in [6.07, 6.45) is 0.732. The van der Waals surface area contributed by atoms with Crippen LogP contribution in [0.3, 0.4) is 0 Å². The Kier molecular flexibility index (Phi) is 7.84. The van der Waals surface area contributed by atoms with Crippen LogP contribution in [0.15, 0.2) is 53.6 Å². The molecule has 0 aliphatic carbocycles. The van der Waals surface area contributed by atoms with Gasteiger partial charge in [-0.2, -0.15) is 5.10 Å². The van der Waals surface area contributed by atoms with E-state index in [1.807, 2.05) is 30.3 Å². The summed E-state index contributed by atoms with van der Waals surface area (Å²) in [5.74, 6) is -0.442. The van der Waals surface area contributed by atoms with E-state index in [2.05, 4.69) is 15.8 Å². The van der Waals surface area contributed by atoms with Gasteiger partial charge in [-0.05, 0) is 31.0 Å². The fourth-order valence-corrected chi connectivity index (χ4v) is 2.48. The third-order valence-corrected chi connectivity index (χ3v) is 3.95. The second-order valence-electron chi connectivity index (χ2n) is 6.23. The van der Waals surface area contributed by atoms with Crippen molar-refractivity contribution in [3.05, 3.63) is 64.2 Å². The molecule has 0 saturated carbocycles. The van der Waals surface area contributed by atoms with E-state index >= 15 is 0 Å². The fraction of sp³-hybridized carbons (Fsp3) is 0.250. The first-order valence-corrected chi connectivity index (χ1v) is 8.87. The van der Waals surface area contributed by atoms with E-state index in [4.69, 9.17) is 4.74 Å². The molecular weight excluding hydrogens is 376 g/mol. The van der Waals surface area contributed by atoms with E-state index in [1.54, 1.807) is 6.92 Å². The molecule has 0 unspecified atom stereocenters. The third-order valence-electron chi connectivity index (χ3n) is 3.95. The summed E-state index contributed by atoms with van der Waals surface area (Å²) in [4.78, 5) is 34.6. The first-order chi connectivity index (χ1) is 13.9. The zero-order chi connectivity index (χ0) is 21.2. The maximum atomic E-state index is 12.1. The van der Waals surface area contributed by atoms with Crippen LogP contribution in [-0.4, -0.2) is 29.6 Å². The Bertz CT molecular complexity index is 912. The zero-order valence-electron chi connectivity index (χ0n) is 16.2. The Morgan fingerprint density at radius 1 is 1.14 bits per heavy atom. The molecule has 0 aliphatic rings. The van der Waals surface area contributed by atoms with E-state index in [-0.39, 0.29) is 30.1 Å². The van der Waals surface area contributed by atoms with Crippen LogP contribution in [0, 0.1) is 10.1 Å². The number of carbonyl (C=O) groups is 2. The van der Waals surface area contributed by atoms with Crippen molar-refractivity contribution in [2.24, 2.45) is 5.10 Å². The molecule has 0 spiro atoms. The lowest BCUT2D eigenvalue weighted by molar-refractivity contribution is -0.384. The Hall–Kier alpha value is -3.75. The van der Waals surface area contributed by atoms with Crippen molar-refractivity contribution in [2.45, 2.75) is 26.2 Å². The largest absolute Gasteiger partial charge is 0.496 e. The Morgan fingerprint density at radius 2 is 1.86 bits per heavy atom. The lowest BCUT2D eigenvalue weighted by atomic mass is 10.1. The van der Waals surface area contributed by atoms with Crippen LogP contribution in [0.2, 0.25) is 0 Å². The quantitative estimate of drug-likeness (QED) is 0.382. The average Bonchev–Trinajstić information content (AvgIpc) is 2.71. The van der Waals surface area contributed by atoms with Gasteiger partial charge in [0.05, 0.1) is 24.5 Å². The van der Waals surface area contributed by atoms with Crippen LogP contribution in [0.4, 0.5) is 11.4 Å². The smallest absolute Gasteiger partial charge is 0.296 e. The molecule has 0 radical (unpaired) electrons. The number of amides is 2. The molecule has 0 aromatic heterocycles. The van der Waals surface area contributed by atoms with Crippen molar-refractivity contribution in [1.82, 2.24) is 5.43 Å². The van der Waals surface area contributed by atoms with E-state index in [0.29, 0.717) is 17.9 Å². The minimum Gasteiger partial charge on any atom is -0.496 e. The Balaban J connectivity index is 1.86. The number of benzene rings is 2. The number of hydrazone groups is 1. The highest BCUT2D eigenvalue weighted by atomic mass is 16.6. The van der Waals surface area contributed by atoms with Crippen molar-refractivity contribution >= 4 is 28.9 Å². The minimum atomic E-state index is -0.605. The number of nitro benzene ring substituents is 1. The van der Waals surface area contributed by atoms with Crippen molar-refractivity contribution in [3.8, 4) is 5.75 Å². The molecule has 9 nitrogen and oxygen atoms in total. The highest BCUT2D eigenvalue weighted by Gasteiger charge is 2.17. The lowest BCUT2D eigenvalue weighted by Crippen LogP contribution is -2.21. The topological polar surface area (TPSA) is 123 Å². The molecule has 0 bridgehead atoms. The van der Waals surface area contributed by atoms with Crippen LogP contribution in [-0.2, 0) is 16.0 Å². The number of nitro groups is 1. The first-order valence-electron chi connectivity index (χ1n) is 8.87. The minimum absolute atomic E-state index is 0.0560. The van der Waals surface area contributed by atoms with Gasteiger partial charge in [0.25, 0.3) is 5.69 Å². The van der Waals surface area contributed by atoms with Gasteiger partial charge in [-0.25, -0.2) is 5.43 Å². The summed E-state index contributed by atoms with van der Waals surface area (Å²) in [6.45, 7) is 1.58. The molecule has 152 valence electrons. The molecule has 2 rings (SSSR count). The molecule has 2 amide bonds. The van der Waals surface area contributed by atoms with Gasteiger partial charge in [0.1, 0.15) is 11.4 Å². The predicted octanol–water partition coefficient (Wildman–Crippen LogP) is 3.06. The van der Waals surface area contributed by atoms with Gasteiger partial charge in [-0.15, -0.1) is 0 Å². The van der Waals surface area contributed by atoms with Gasteiger partial charge in [0.2, 0.25) is 11.8 Å². The van der Waals surface area contributed by atoms with Crippen LogP contribution in [0.25, 0.3) is 0 Å². The molecular formula is C20H22N4O5. The van der Waals surface area contributed by atoms with Gasteiger partial charge in [0, 0.05) is 12.1 Å². The van der Waals surface area contributed by atoms with Gasteiger partial charge < -0.3 is 10.1 Å². The number of carbonyl (C=O) groups excluding carboxylic acids is 2. The molecule has 0 saturated heterocycles. The second-order valence-corrected chi connectivity index (χ2v) is 6.23. The summed E-state index contributed by atoms with van der Waals surface area (Å²) in [6, 6.07) is 13.7. The molecule has 0 atom stereocenters. The van der Waals surface area contributed by atoms with E-state index in [0.717, 1.165) is 5.56 Å². The summed E-state index contributed by atoms with van der Waals surface area (Å²) in [5.41, 5.74) is 3.60. The summed E-state index contributed by atoms with van der Waals surface area (Å²) < 4.78 is 4.96. The average molecular weight is 398 g/mol. The molecule has 9 heteroatoms. The van der Waals surface area contributed by atoms with E-state index in [9.17, 15) is 19.7 Å². The number of hydrogen-bond donors (Lipinski definition) is 2. The van der Waals surface area contributed by atoms with Crippen LogP contribution >= 0.6 is 0 Å². The molecule has 29 heavy (non-hydrogen) atoms. The maximum Gasteiger partial charge on any atom is 0.296 e. The molecule has 0 heterocycles. The normalized spacial score (nSPS) is 10.9. The van der Waals surface area contributed by atoms with Gasteiger partial charge in [0.15, 0.2) is 0 Å². The van der Waals surface area contributed by atoms with Gasteiger partial charge in [-0.1, -0.05) is 30.3 Å². The first kappa shape index (κ1) is 21.5. The monoisotopic (exact) mass is 398 g/mol. The van der Waals surface area contributed by atoms with Crippen LogP contribution < -0.4 is 15.5 Å². The second kappa shape index (κ2) is 10.5. The number of methoxy groups -OCH3 is 1. The van der Waals surface area contributed by atoms with Crippen LogP contribution in [0.5, 0.6) is 5.75 Å². The third kappa shape index (κ3) is 7.06. The van der Waals surface area contributed by atoms with Crippen molar-refractivity contribution < 1.29 is 19.2 Å². The van der Waals surface area contributed by atoms with Gasteiger partial charge in [-0.3, -0.25) is 19.7 Å². The summed E-state index contributed by atoms with van der Waals surface area (Å²) in [5, 5.41) is 17.5. The fourth-order valence-electron chi connectivity index (χ4n) is 2.48. The number of hydrogen-bond acceptors (Lipinski definition) is 6. The highest BCUT2D eigenvalue weighted by Crippen LogP contribution is 2.29. The zero-order valence-corrected chi connectivity index (χ0v) is 16.2. The summed E-state index contributed by atoms with van der Waals surface area (Å²) in [7, 11) is 1.39. The predicted molar refractivity (Wildman–Crippen MR) is 109 cm³/mol. The summed E-state index contributed by atoms with van der Waals surface area (Å²) >= 11 is 0. The van der Waals surface area contributed by atoms with Crippen molar-refractivity contribution in [1.29, 1.82) is 0 Å². The highest BCUT2D eigenvalue weighted by molar-refractivity contribution is 6.06. The van der Waals surface area contributed by atoms with E-state index in [1.165, 1.54) is 25.3 Å². The number of nitrogens with one attached hydrogen (secondary N) is 2. The number of aryl methyl sites for hydroxylation is 1. The lowest BCUT2D eigenvalue weighted by Gasteiger charge is -2.08. The molecule has 2 aromatic carbocycles. The number of rotatable bonds is 9. The number of nitrogens with zero attached hydrogens (tertiary/aromatic N) is 2.